The van der Waals surface area contributed by atoms with Crippen molar-refractivity contribution in [2.45, 2.75) is 0 Å². The molecule has 0 saturated carbocycles. The Balaban J connectivity index is 2.19. The van der Waals surface area contributed by atoms with Crippen molar-refractivity contribution >= 4 is 11.6 Å². The van der Waals surface area contributed by atoms with Gasteiger partial charge in [-0.3, -0.25) is 14.9 Å². The summed E-state index contributed by atoms with van der Waals surface area (Å²) in [4.78, 5) is 23.4. The fraction of sp³-hybridized carbons (Fsp3) is 0.231. The first-order valence-electron chi connectivity index (χ1n) is 6.19. The normalized spacial score (nSPS) is 10.4. The third-order valence-corrected chi connectivity index (χ3v) is 2.92. The fourth-order valence-electron chi connectivity index (χ4n) is 1.76. The highest BCUT2D eigenvalue weighted by molar-refractivity contribution is 5.92. The fourth-order valence-corrected chi connectivity index (χ4v) is 1.76. The van der Waals surface area contributed by atoms with E-state index in [0.717, 1.165) is 0 Å². The molecule has 0 unspecified atom stereocenters. The molecule has 0 saturated heterocycles. The number of aromatic nitrogens is 2. The number of aliphatic hydroxyl groups excluding tert-OH is 1. The molecule has 0 bridgehead atoms. The number of benzene rings is 1. The summed E-state index contributed by atoms with van der Waals surface area (Å²) in [6.45, 7) is 0.106. The molecule has 1 N–H and O–H groups in total. The van der Waals surface area contributed by atoms with Crippen LogP contribution >= 0.6 is 0 Å². The van der Waals surface area contributed by atoms with Gasteiger partial charge in [0.25, 0.3) is 11.6 Å². The maximum Gasteiger partial charge on any atom is 0.274 e. The smallest absolute Gasteiger partial charge is 0.274 e. The van der Waals surface area contributed by atoms with Crippen LogP contribution in [0.5, 0.6) is 0 Å². The molecule has 1 aromatic heterocycles. The molecule has 0 aliphatic carbocycles. The van der Waals surface area contributed by atoms with Gasteiger partial charge < -0.3 is 10.0 Å². The Kier molecular flexibility index (Phi) is 4.29. The largest absolute Gasteiger partial charge is 0.395 e. The third kappa shape index (κ3) is 3.23. The van der Waals surface area contributed by atoms with Crippen LogP contribution in [-0.4, -0.2) is 50.8 Å². The van der Waals surface area contributed by atoms with Crippen molar-refractivity contribution < 1.29 is 14.8 Å². The molecule has 8 nitrogen and oxygen atoms in total. The van der Waals surface area contributed by atoms with E-state index in [0.29, 0.717) is 5.69 Å². The first kappa shape index (κ1) is 14.7. The van der Waals surface area contributed by atoms with E-state index in [1.807, 2.05) is 0 Å². The lowest BCUT2D eigenvalue weighted by Gasteiger charge is -2.13. The lowest BCUT2D eigenvalue weighted by molar-refractivity contribution is -0.384. The second-order valence-corrected chi connectivity index (χ2v) is 4.37. The number of non-ortho nitro benzene ring substituents is 1. The molecule has 21 heavy (non-hydrogen) atoms. The number of aliphatic hydroxyl groups is 1. The first-order chi connectivity index (χ1) is 10.0. The van der Waals surface area contributed by atoms with Crippen LogP contribution in [0.3, 0.4) is 0 Å². The Labute approximate surface area is 120 Å². The van der Waals surface area contributed by atoms with Gasteiger partial charge in [0.2, 0.25) is 0 Å². The van der Waals surface area contributed by atoms with E-state index in [9.17, 15) is 14.9 Å². The predicted molar refractivity (Wildman–Crippen MR) is 74.3 cm³/mol. The van der Waals surface area contributed by atoms with Gasteiger partial charge in [-0.25, -0.2) is 4.68 Å². The molecule has 0 radical (unpaired) electrons. The molecule has 0 atom stereocenters. The summed E-state index contributed by atoms with van der Waals surface area (Å²) < 4.78 is 1.46. The van der Waals surface area contributed by atoms with Gasteiger partial charge in [-0.15, -0.1) is 0 Å². The van der Waals surface area contributed by atoms with Crippen LogP contribution in [0.2, 0.25) is 0 Å². The molecule has 1 heterocycles. The van der Waals surface area contributed by atoms with Crippen LogP contribution < -0.4 is 0 Å². The summed E-state index contributed by atoms with van der Waals surface area (Å²) in [5.41, 5.74) is 0.846. The van der Waals surface area contributed by atoms with Crippen molar-refractivity contribution in [2.24, 2.45) is 0 Å². The standard InChI is InChI=1S/C13H14N4O4/c1-15(8-9-18)13(19)12-6-7-16(14-12)10-2-4-11(5-3-10)17(20)21/h2-7,18H,8-9H2,1H3. The lowest BCUT2D eigenvalue weighted by Crippen LogP contribution is -2.29. The highest BCUT2D eigenvalue weighted by Crippen LogP contribution is 2.15. The Morgan fingerprint density at radius 2 is 2.05 bits per heavy atom. The zero-order chi connectivity index (χ0) is 15.4. The van der Waals surface area contributed by atoms with Gasteiger partial charge in [0.1, 0.15) is 0 Å². The number of likely N-dealkylation sites (N-methyl/N-ethyl adjacent to an activating group) is 1. The highest BCUT2D eigenvalue weighted by Gasteiger charge is 2.15. The van der Waals surface area contributed by atoms with E-state index in [-0.39, 0.29) is 30.4 Å². The molecule has 2 rings (SSSR count). The van der Waals surface area contributed by atoms with Crippen molar-refractivity contribution in [1.29, 1.82) is 0 Å². The minimum absolute atomic E-state index is 0.00937. The van der Waals surface area contributed by atoms with Crippen LogP contribution in [0.1, 0.15) is 10.5 Å². The highest BCUT2D eigenvalue weighted by atomic mass is 16.6. The summed E-state index contributed by atoms with van der Waals surface area (Å²) in [5, 5.41) is 23.5. The number of hydrogen-bond donors (Lipinski definition) is 1. The number of hydrogen-bond acceptors (Lipinski definition) is 5. The van der Waals surface area contributed by atoms with Gasteiger partial charge in [0.15, 0.2) is 5.69 Å². The Bertz CT molecular complexity index is 650. The monoisotopic (exact) mass is 290 g/mol. The van der Waals surface area contributed by atoms with Crippen LogP contribution in [0.15, 0.2) is 36.5 Å². The van der Waals surface area contributed by atoms with Crippen LogP contribution in [0.4, 0.5) is 5.69 Å². The summed E-state index contributed by atoms with van der Waals surface area (Å²) in [6.07, 6.45) is 1.60. The van der Waals surface area contributed by atoms with E-state index in [2.05, 4.69) is 5.10 Å². The zero-order valence-corrected chi connectivity index (χ0v) is 11.3. The molecule has 0 aliphatic rings. The topological polar surface area (TPSA) is 102 Å². The molecule has 0 spiro atoms. The van der Waals surface area contributed by atoms with E-state index in [4.69, 9.17) is 5.11 Å². The number of amides is 1. The molecular formula is C13H14N4O4. The number of nitro benzene ring substituents is 1. The quantitative estimate of drug-likeness (QED) is 0.649. The van der Waals surface area contributed by atoms with Gasteiger partial charge >= 0.3 is 0 Å². The van der Waals surface area contributed by atoms with Crippen molar-refractivity contribution in [3.63, 3.8) is 0 Å². The van der Waals surface area contributed by atoms with Crippen LogP contribution in [0.25, 0.3) is 5.69 Å². The van der Waals surface area contributed by atoms with E-state index < -0.39 is 4.92 Å². The van der Waals surface area contributed by atoms with Gasteiger partial charge in [-0.1, -0.05) is 0 Å². The van der Waals surface area contributed by atoms with Gasteiger partial charge in [-0.05, 0) is 18.2 Å². The molecule has 110 valence electrons. The summed E-state index contributed by atoms with van der Waals surface area (Å²) in [5.74, 6) is -0.301. The molecule has 1 amide bonds. The molecule has 2 aromatic rings. The van der Waals surface area contributed by atoms with Crippen LogP contribution in [0, 0.1) is 10.1 Å². The van der Waals surface area contributed by atoms with Crippen molar-refractivity contribution in [3.8, 4) is 5.69 Å². The zero-order valence-electron chi connectivity index (χ0n) is 11.3. The summed E-state index contributed by atoms with van der Waals surface area (Å²) in [6, 6.07) is 7.40. The molecule has 0 aliphatic heterocycles. The van der Waals surface area contributed by atoms with Gasteiger partial charge in [0, 0.05) is 31.9 Å². The number of nitro groups is 1. The Morgan fingerprint density at radius 3 is 2.62 bits per heavy atom. The van der Waals surface area contributed by atoms with E-state index >= 15 is 0 Å². The predicted octanol–water partition coefficient (Wildman–Crippen LogP) is 0.845. The second kappa shape index (κ2) is 6.14. The van der Waals surface area contributed by atoms with Crippen molar-refractivity contribution in [2.75, 3.05) is 20.2 Å². The molecular weight excluding hydrogens is 276 g/mol. The van der Waals surface area contributed by atoms with Gasteiger partial charge in [-0.2, -0.15) is 5.10 Å². The van der Waals surface area contributed by atoms with Crippen molar-refractivity contribution in [3.05, 3.63) is 52.3 Å². The molecule has 0 fully saturated rings. The average Bonchev–Trinajstić information content (AvgIpc) is 2.96. The molecule has 1 aromatic carbocycles. The van der Waals surface area contributed by atoms with E-state index in [1.165, 1.54) is 21.7 Å². The minimum Gasteiger partial charge on any atom is -0.395 e. The first-order valence-corrected chi connectivity index (χ1v) is 6.19. The number of carbonyl (C=O) groups is 1. The van der Waals surface area contributed by atoms with Crippen molar-refractivity contribution in [1.82, 2.24) is 14.7 Å². The summed E-state index contributed by atoms with van der Waals surface area (Å²) in [7, 11) is 1.57. The molecule has 8 heteroatoms. The maximum atomic E-state index is 12.0. The minimum atomic E-state index is -0.480. The Hall–Kier alpha value is -2.74. The SMILES string of the molecule is CN(CCO)C(=O)c1ccn(-c2ccc([N+](=O)[O-])cc2)n1. The second-order valence-electron chi connectivity index (χ2n) is 4.37. The average molecular weight is 290 g/mol. The Morgan fingerprint density at radius 1 is 1.38 bits per heavy atom. The number of carbonyl (C=O) groups excluding carboxylic acids is 1. The summed E-state index contributed by atoms with van der Waals surface area (Å²) >= 11 is 0. The van der Waals surface area contributed by atoms with Gasteiger partial charge in [0.05, 0.1) is 17.2 Å². The third-order valence-electron chi connectivity index (χ3n) is 2.92. The maximum absolute atomic E-state index is 12.0. The van der Waals surface area contributed by atoms with E-state index in [1.54, 1.807) is 31.4 Å². The number of rotatable bonds is 5. The lowest BCUT2D eigenvalue weighted by atomic mass is 10.3. The number of nitrogens with zero attached hydrogens (tertiary/aromatic N) is 4. The van der Waals surface area contributed by atoms with Crippen LogP contribution in [-0.2, 0) is 0 Å².